The summed E-state index contributed by atoms with van der Waals surface area (Å²) < 4.78 is 5.86. The van der Waals surface area contributed by atoms with Crippen molar-refractivity contribution in [3.05, 3.63) is 84.9 Å². The van der Waals surface area contributed by atoms with Crippen molar-refractivity contribution in [3.63, 3.8) is 0 Å². The van der Waals surface area contributed by atoms with Gasteiger partial charge in [-0.2, -0.15) is 0 Å². The van der Waals surface area contributed by atoms with Gasteiger partial charge in [-0.3, -0.25) is 9.59 Å². The van der Waals surface area contributed by atoms with Gasteiger partial charge in [0, 0.05) is 28.2 Å². The molecule has 0 spiro atoms. The van der Waals surface area contributed by atoms with Gasteiger partial charge in [-0.25, -0.2) is 0 Å². The Morgan fingerprint density at radius 3 is 2.50 bits per heavy atom. The molecule has 0 fully saturated rings. The minimum absolute atomic E-state index is 0.150. The van der Waals surface area contributed by atoms with Crippen molar-refractivity contribution in [3.8, 4) is 0 Å². The highest BCUT2D eigenvalue weighted by Crippen LogP contribution is 2.30. The number of carbonyl (C=O) groups excluding carboxylic acids is 2. The highest BCUT2D eigenvalue weighted by molar-refractivity contribution is 6.06. The minimum atomic E-state index is -0.291. The fourth-order valence-electron chi connectivity index (χ4n) is 3.15. The monoisotopic (exact) mass is 370 g/mol. The molecule has 1 heterocycles. The van der Waals surface area contributed by atoms with Gasteiger partial charge in [-0.05, 0) is 42.0 Å². The molecule has 0 aliphatic rings. The molecule has 138 valence electrons. The Balaban J connectivity index is 1.49. The third-order valence-corrected chi connectivity index (χ3v) is 4.41. The van der Waals surface area contributed by atoms with Crippen molar-refractivity contribution in [2.24, 2.45) is 0 Å². The lowest BCUT2D eigenvalue weighted by Crippen LogP contribution is -2.14. The van der Waals surface area contributed by atoms with E-state index in [1.807, 2.05) is 48.5 Å². The number of nitrogens with one attached hydrogen (secondary N) is 2. The average Bonchev–Trinajstić information content (AvgIpc) is 3.05. The molecule has 4 aromatic rings. The lowest BCUT2D eigenvalue weighted by molar-refractivity contribution is -0.115. The number of furan rings is 1. The zero-order valence-corrected chi connectivity index (χ0v) is 15.1. The number of para-hydroxylation sites is 1. The number of amides is 2. The van der Waals surface area contributed by atoms with Gasteiger partial charge in [-0.15, -0.1) is 0 Å². The predicted octanol–water partition coefficient (Wildman–Crippen LogP) is 4.89. The Kier molecular flexibility index (Phi) is 4.64. The van der Waals surface area contributed by atoms with Crippen LogP contribution in [0, 0.1) is 0 Å². The molecule has 2 amide bonds. The zero-order valence-electron chi connectivity index (χ0n) is 15.1. The first kappa shape index (κ1) is 17.5. The molecular weight excluding hydrogens is 352 g/mol. The van der Waals surface area contributed by atoms with E-state index in [0.717, 1.165) is 27.5 Å². The molecular formula is C23H18N2O3. The Bertz CT molecular complexity index is 1210. The van der Waals surface area contributed by atoms with E-state index >= 15 is 0 Å². The number of hydrogen-bond donors (Lipinski definition) is 2. The molecule has 3 aromatic carbocycles. The number of hydrogen-bond acceptors (Lipinski definition) is 3. The van der Waals surface area contributed by atoms with E-state index < -0.39 is 0 Å². The second-order valence-corrected chi connectivity index (χ2v) is 6.43. The van der Waals surface area contributed by atoms with Gasteiger partial charge in [0.2, 0.25) is 11.8 Å². The van der Waals surface area contributed by atoms with E-state index in [2.05, 4.69) is 17.2 Å². The molecule has 1 aromatic heterocycles. The van der Waals surface area contributed by atoms with Gasteiger partial charge < -0.3 is 15.1 Å². The molecule has 0 saturated heterocycles. The minimum Gasteiger partial charge on any atom is -0.456 e. The summed E-state index contributed by atoms with van der Waals surface area (Å²) in [6, 6.07) is 20.6. The van der Waals surface area contributed by atoms with Crippen molar-refractivity contribution < 1.29 is 14.0 Å². The molecule has 0 aliphatic carbocycles. The first-order chi connectivity index (χ1) is 13.6. The van der Waals surface area contributed by atoms with Crippen LogP contribution in [-0.4, -0.2) is 11.8 Å². The summed E-state index contributed by atoms with van der Waals surface area (Å²) in [7, 11) is 0. The van der Waals surface area contributed by atoms with Crippen molar-refractivity contribution in [2.45, 2.75) is 6.42 Å². The fourth-order valence-corrected chi connectivity index (χ4v) is 3.15. The van der Waals surface area contributed by atoms with Crippen LogP contribution < -0.4 is 10.6 Å². The lowest BCUT2D eigenvalue weighted by atomic mass is 10.1. The van der Waals surface area contributed by atoms with Crippen LogP contribution in [-0.2, 0) is 16.0 Å². The van der Waals surface area contributed by atoms with E-state index in [1.165, 1.54) is 6.08 Å². The summed E-state index contributed by atoms with van der Waals surface area (Å²) in [5.41, 5.74) is 3.64. The summed E-state index contributed by atoms with van der Waals surface area (Å²) in [4.78, 5) is 23.8. The second-order valence-electron chi connectivity index (χ2n) is 6.43. The van der Waals surface area contributed by atoms with Crippen molar-refractivity contribution in [2.75, 3.05) is 10.6 Å². The molecule has 0 atom stereocenters. The normalized spacial score (nSPS) is 10.7. The largest absolute Gasteiger partial charge is 0.456 e. The SMILES string of the molecule is C=CC(=O)Nc1cccc(CC(=O)Nc2ccc3c(c2)oc2ccccc23)c1. The molecule has 5 heteroatoms. The Hall–Kier alpha value is -3.86. The quantitative estimate of drug-likeness (QED) is 0.491. The predicted molar refractivity (Wildman–Crippen MR) is 111 cm³/mol. The fraction of sp³-hybridized carbons (Fsp3) is 0.0435. The smallest absolute Gasteiger partial charge is 0.247 e. The van der Waals surface area contributed by atoms with Gasteiger partial charge >= 0.3 is 0 Å². The van der Waals surface area contributed by atoms with Crippen LogP contribution in [0.4, 0.5) is 11.4 Å². The Morgan fingerprint density at radius 1 is 0.857 bits per heavy atom. The second kappa shape index (κ2) is 7.40. The molecule has 2 N–H and O–H groups in total. The number of carbonyl (C=O) groups is 2. The summed E-state index contributed by atoms with van der Waals surface area (Å²) in [6.45, 7) is 3.43. The van der Waals surface area contributed by atoms with Crippen LogP contribution in [0.15, 0.2) is 83.8 Å². The van der Waals surface area contributed by atoms with Gasteiger partial charge in [0.1, 0.15) is 11.2 Å². The van der Waals surface area contributed by atoms with Gasteiger partial charge in [0.15, 0.2) is 0 Å². The maximum absolute atomic E-state index is 12.4. The van der Waals surface area contributed by atoms with E-state index in [9.17, 15) is 9.59 Å². The summed E-state index contributed by atoms with van der Waals surface area (Å²) in [6.07, 6.45) is 1.39. The van der Waals surface area contributed by atoms with Crippen LogP contribution in [0.1, 0.15) is 5.56 Å². The summed E-state index contributed by atoms with van der Waals surface area (Å²) in [5.74, 6) is -0.441. The van der Waals surface area contributed by atoms with Crippen molar-refractivity contribution in [1.82, 2.24) is 0 Å². The summed E-state index contributed by atoms with van der Waals surface area (Å²) >= 11 is 0. The Labute approximate surface area is 161 Å². The van der Waals surface area contributed by atoms with Crippen LogP contribution in [0.3, 0.4) is 0 Å². The zero-order chi connectivity index (χ0) is 19.5. The highest BCUT2D eigenvalue weighted by atomic mass is 16.3. The number of benzene rings is 3. The third-order valence-electron chi connectivity index (χ3n) is 4.41. The maximum atomic E-state index is 12.4. The van der Waals surface area contributed by atoms with Crippen molar-refractivity contribution in [1.29, 1.82) is 0 Å². The van der Waals surface area contributed by atoms with Gasteiger partial charge in [0.25, 0.3) is 0 Å². The average molecular weight is 370 g/mol. The van der Waals surface area contributed by atoms with E-state index in [-0.39, 0.29) is 18.2 Å². The summed E-state index contributed by atoms with van der Waals surface area (Å²) in [5, 5.41) is 7.65. The topological polar surface area (TPSA) is 71.3 Å². The number of rotatable bonds is 5. The molecule has 28 heavy (non-hydrogen) atoms. The van der Waals surface area contributed by atoms with Gasteiger partial charge in [-0.1, -0.05) is 36.9 Å². The highest BCUT2D eigenvalue weighted by Gasteiger charge is 2.09. The van der Waals surface area contributed by atoms with Crippen LogP contribution >= 0.6 is 0 Å². The van der Waals surface area contributed by atoms with E-state index in [0.29, 0.717) is 11.4 Å². The van der Waals surface area contributed by atoms with E-state index in [1.54, 1.807) is 18.2 Å². The molecule has 0 saturated carbocycles. The first-order valence-electron chi connectivity index (χ1n) is 8.86. The third kappa shape index (κ3) is 3.64. The molecule has 0 aliphatic heterocycles. The molecule has 0 radical (unpaired) electrons. The number of anilines is 2. The molecule has 0 unspecified atom stereocenters. The van der Waals surface area contributed by atoms with Crippen LogP contribution in [0.5, 0.6) is 0 Å². The lowest BCUT2D eigenvalue weighted by Gasteiger charge is -2.07. The van der Waals surface area contributed by atoms with Gasteiger partial charge in [0.05, 0.1) is 6.42 Å². The number of fused-ring (bicyclic) bond motifs is 3. The standard InChI is InChI=1S/C23H18N2O3/c1-2-22(26)24-16-7-5-6-15(12-16)13-23(27)25-17-10-11-19-18-8-3-4-9-20(18)28-21(19)14-17/h2-12,14H,1,13H2,(H,24,26)(H,25,27). The maximum Gasteiger partial charge on any atom is 0.247 e. The van der Waals surface area contributed by atoms with Crippen LogP contribution in [0.25, 0.3) is 21.9 Å². The Morgan fingerprint density at radius 2 is 1.64 bits per heavy atom. The molecule has 0 bridgehead atoms. The first-order valence-corrected chi connectivity index (χ1v) is 8.86. The molecule has 5 nitrogen and oxygen atoms in total. The van der Waals surface area contributed by atoms with Crippen molar-refractivity contribution >= 4 is 45.1 Å². The van der Waals surface area contributed by atoms with E-state index in [4.69, 9.17) is 4.42 Å². The van der Waals surface area contributed by atoms with Crippen LogP contribution in [0.2, 0.25) is 0 Å². The molecule has 4 rings (SSSR count).